The highest BCUT2D eigenvalue weighted by atomic mass is 35.5. The van der Waals surface area contributed by atoms with Crippen molar-refractivity contribution in [1.82, 2.24) is 4.90 Å². The summed E-state index contributed by atoms with van der Waals surface area (Å²) in [6.07, 6.45) is -0.949. The van der Waals surface area contributed by atoms with Crippen LogP contribution in [0.1, 0.15) is 12.5 Å². The van der Waals surface area contributed by atoms with Gasteiger partial charge in [-0.2, -0.15) is 0 Å². The molecule has 1 heterocycles. The lowest BCUT2D eigenvalue weighted by Crippen LogP contribution is -2.53. The lowest BCUT2D eigenvalue weighted by Gasteiger charge is -2.39. The molecular weight excluding hydrogens is 378 g/mol. The molecule has 0 radical (unpaired) electrons. The zero-order valence-electron chi connectivity index (χ0n) is 14.7. The second-order valence-electron chi connectivity index (χ2n) is 6.41. The molecule has 2 aromatic rings. The van der Waals surface area contributed by atoms with Gasteiger partial charge in [-0.15, -0.1) is 0 Å². The van der Waals surface area contributed by atoms with Crippen LogP contribution >= 0.6 is 11.6 Å². The van der Waals surface area contributed by atoms with Gasteiger partial charge >= 0.3 is 6.09 Å². The topological polar surface area (TPSA) is 53.0 Å². The highest BCUT2D eigenvalue weighted by Gasteiger charge is 2.27. The van der Waals surface area contributed by atoms with E-state index < -0.39 is 17.7 Å². The molecule has 1 aliphatic rings. The van der Waals surface area contributed by atoms with Gasteiger partial charge in [0.15, 0.2) is 11.6 Å². The normalized spacial score (nSPS) is 17.1. The molecular formula is C19H19ClF2N2O3. The summed E-state index contributed by atoms with van der Waals surface area (Å²) in [5.41, 5.74) is 0.993. The van der Waals surface area contributed by atoms with E-state index in [9.17, 15) is 13.6 Å². The maximum atomic E-state index is 14.1. The number of rotatable bonds is 4. The van der Waals surface area contributed by atoms with Gasteiger partial charge in [-0.1, -0.05) is 17.7 Å². The Morgan fingerprint density at radius 2 is 2.00 bits per heavy atom. The van der Waals surface area contributed by atoms with Crippen LogP contribution in [-0.2, 0) is 6.61 Å². The van der Waals surface area contributed by atoms with Crippen molar-refractivity contribution in [2.24, 2.45) is 0 Å². The van der Waals surface area contributed by atoms with Gasteiger partial charge in [0.1, 0.15) is 12.4 Å². The number of amides is 1. The van der Waals surface area contributed by atoms with Crippen LogP contribution in [0, 0.1) is 11.6 Å². The molecule has 0 aliphatic carbocycles. The van der Waals surface area contributed by atoms with E-state index in [0.717, 1.165) is 5.69 Å². The number of benzene rings is 2. The summed E-state index contributed by atoms with van der Waals surface area (Å²) in [6.45, 7) is 3.04. The number of carbonyl (C=O) groups is 1. The lowest BCUT2D eigenvalue weighted by molar-refractivity contribution is 0.122. The molecule has 1 saturated heterocycles. The van der Waals surface area contributed by atoms with Crippen molar-refractivity contribution in [3.8, 4) is 5.75 Å². The summed E-state index contributed by atoms with van der Waals surface area (Å²) in [5, 5.41) is 9.44. The quantitative estimate of drug-likeness (QED) is 0.833. The molecule has 1 aliphatic heterocycles. The molecule has 2 aromatic carbocycles. The van der Waals surface area contributed by atoms with E-state index in [1.165, 1.54) is 23.1 Å². The fraction of sp³-hybridized carbons (Fsp3) is 0.316. The third-order valence-electron chi connectivity index (χ3n) is 4.55. The maximum Gasteiger partial charge on any atom is 0.407 e. The third kappa shape index (κ3) is 4.42. The zero-order valence-corrected chi connectivity index (χ0v) is 15.4. The van der Waals surface area contributed by atoms with Gasteiger partial charge in [-0.05, 0) is 31.2 Å². The molecule has 3 rings (SSSR count). The van der Waals surface area contributed by atoms with E-state index in [-0.39, 0.29) is 29.0 Å². The Morgan fingerprint density at radius 3 is 2.67 bits per heavy atom. The predicted octanol–water partition coefficient (Wildman–Crippen LogP) is 4.39. The van der Waals surface area contributed by atoms with Crippen molar-refractivity contribution in [3.63, 3.8) is 0 Å². The van der Waals surface area contributed by atoms with Gasteiger partial charge in [0.2, 0.25) is 0 Å². The SMILES string of the molecule is CC1CN(c2ccc(F)c(OCc3ccc(Cl)cc3F)c2)CCN1C(=O)O. The predicted molar refractivity (Wildman–Crippen MR) is 98.5 cm³/mol. The van der Waals surface area contributed by atoms with Gasteiger partial charge in [-0.3, -0.25) is 0 Å². The standard InChI is InChI=1S/C19H19ClF2N2O3/c1-12-10-23(6-7-24(12)19(25)26)15-4-5-16(21)18(9-15)27-11-13-2-3-14(20)8-17(13)22/h2-5,8-9,12H,6-7,10-11H2,1H3,(H,25,26). The van der Waals surface area contributed by atoms with Crippen LogP contribution in [0.15, 0.2) is 36.4 Å². The molecule has 1 atom stereocenters. The Bertz CT molecular complexity index is 850. The van der Waals surface area contributed by atoms with Gasteiger partial charge in [0, 0.05) is 48.0 Å². The van der Waals surface area contributed by atoms with Crippen molar-refractivity contribution in [3.05, 3.63) is 58.6 Å². The van der Waals surface area contributed by atoms with Crippen LogP contribution < -0.4 is 9.64 Å². The van der Waals surface area contributed by atoms with Crippen molar-refractivity contribution in [1.29, 1.82) is 0 Å². The first-order valence-electron chi connectivity index (χ1n) is 8.46. The molecule has 0 spiro atoms. The van der Waals surface area contributed by atoms with Crippen molar-refractivity contribution < 1.29 is 23.4 Å². The molecule has 8 heteroatoms. The fourth-order valence-corrected chi connectivity index (χ4v) is 3.23. The summed E-state index contributed by atoms with van der Waals surface area (Å²) in [6, 6.07) is 8.48. The number of halogens is 3. The largest absolute Gasteiger partial charge is 0.486 e. The first-order chi connectivity index (χ1) is 12.8. The summed E-state index contributed by atoms with van der Waals surface area (Å²) in [5.74, 6) is -1.06. The number of ether oxygens (including phenoxy) is 1. The molecule has 144 valence electrons. The second kappa shape index (κ2) is 8.00. The first-order valence-corrected chi connectivity index (χ1v) is 8.83. The minimum absolute atomic E-state index is 0.00941. The van der Waals surface area contributed by atoms with Gasteiger partial charge in [-0.25, -0.2) is 13.6 Å². The highest BCUT2D eigenvalue weighted by Crippen LogP contribution is 2.28. The van der Waals surface area contributed by atoms with E-state index in [1.807, 2.05) is 11.8 Å². The highest BCUT2D eigenvalue weighted by molar-refractivity contribution is 6.30. The molecule has 0 aromatic heterocycles. The van der Waals surface area contributed by atoms with Crippen molar-refractivity contribution in [2.75, 3.05) is 24.5 Å². The number of piperazine rings is 1. The Morgan fingerprint density at radius 1 is 1.22 bits per heavy atom. The van der Waals surface area contributed by atoms with Crippen LogP contribution in [0.4, 0.5) is 19.3 Å². The van der Waals surface area contributed by atoms with Gasteiger partial charge in [0.25, 0.3) is 0 Å². The Kier molecular flexibility index (Phi) is 5.70. The average molecular weight is 397 g/mol. The summed E-state index contributed by atoms with van der Waals surface area (Å²) >= 11 is 5.72. The number of hydrogen-bond acceptors (Lipinski definition) is 3. The summed E-state index contributed by atoms with van der Waals surface area (Å²) in [4.78, 5) is 14.5. The Labute approximate surface area is 160 Å². The molecule has 1 unspecified atom stereocenters. The smallest absolute Gasteiger partial charge is 0.407 e. The summed E-state index contributed by atoms with van der Waals surface area (Å²) < 4.78 is 33.4. The summed E-state index contributed by atoms with van der Waals surface area (Å²) in [7, 11) is 0. The molecule has 27 heavy (non-hydrogen) atoms. The van der Waals surface area contributed by atoms with Crippen LogP contribution in [0.5, 0.6) is 5.75 Å². The number of hydrogen-bond donors (Lipinski definition) is 1. The molecule has 5 nitrogen and oxygen atoms in total. The molecule has 1 amide bonds. The maximum absolute atomic E-state index is 14.1. The van der Waals surface area contributed by atoms with Crippen molar-refractivity contribution in [2.45, 2.75) is 19.6 Å². The fourth-order valence-electron chi connectivity index (χ4n) is 3.07. The van der Waals surface area contributed by atoms with E-state index in [4.69, 9.17) is 21.4 Å². The minimum atomic E-state index is -0.949. The second-order valence-corrected chi connectivity index (χ2v) is 6.85. The van der Waals surface area contributed by atoms with E-state index in [1.54, 1.807) is 18.2 Å². The van der Waals surface area contributed by atoms with E-state index >= 15 is 0 Å². The van der Waals surface area contributed by atoms with Gasteiger partial charge < -0.3 is 19.6 Å². The van der Waals surface area contributed by atoms with Gasteiger partial charge in [0.05, 0.1) is 0 Å². The average Bonchev–Trinajstić information content (AvgIpc) is 2.62. The van der Waals surface area contributed by atoms with Crippen LogP contribution in [0.2, 0.25) is 5.02 Å². The first kappa shape index (κ1) is 19.2. The van der Waals surface area contributed by atoms with Crippen molar-refractivity contribution >= 4 is 23.4 Å². The van der Waals surface area contributed by atoms with Crippen LogP contribution in [0.25, 0.3) is 0 Å². The number of nitrogens with zero attached hydrogens (tertiary/aromatic N) is 2. The lowest BCUT2D eigenvalue weighted by atomic mass is 10.1. The van der Waals surface area contributed by atoms with E-state index in [2.05, 4.69) is 0 Å². The van der Waals surface area contributed by atoms with Crippen LogP contribution in [-0.4, -0.2) is 41.8 Å². The zero-order chi connectivity index (χ0) is 19.6. The Balaban J connectivity index is 1.72. The third-order valence-corrected chi connectivity index (χ3v) is 4.79. The molecule has 1 fully saturated rings. The molecule has 0 bridgehead atoms. The number of carboxylic acid groups (broad SMARTS) is 1. The monoisotopic (exact) mass is 396 g/mol. The van der Waals surface area contributed by atoms with E-state index in [0.29, 0.717) is 19.6 Å². The molecule has 1 N–H and O–H groups in total. The minimum Gasteiger partial charge on any atom is -0.486 e. The molecule has 0 saturated carbocycles. The number of anilines is 1. The Hall–Kier alpha value is -2.54. The van der Waals surface area contributed by atoms with Crippen LogP contribution in [0.3, 0.4) is 0 Å².